The number of hydrogen-bond acceptors (Lipinski definition) is 2. The third kappa shape index (κ3) is 3.27. The van der Waals surface area contributed by atoms with Crippen LogP contribution in [0.25, 0.3) is 0 Å². The molecule has 0 atom stereocenters. The van der Waals surface area contributed by atoms with Gasteiger partial charge in [0.05, 0.1) is 0 Å². The number of phenols is 1. The third-order valence-electron chi connectivity index (χ3n) is 2.73. The van der Waals surface area contributed by atoms with Gasteiger partial charge in [0.25, 0.3) is 0 Å². The molecule has 0 fully saturated rings. The van der Waals surface area contributed by atoms with Crippen LogP contribution in [0.2, 0.25) is 0 Å². The van der Waals surface area contributed by atoms with Crippen molar-refractivity contribution in [3.05, 3.63) is 64.7 Å². The summed E-state index contributed by atoms with van der Waals surface area (Å²) in [6.07, 6.45) is 0. The van der Waals surface area contributed by atoms with E-state index in [9.17, 15) is 17.6 Å². The standard InChI is InChI=1S/C14H11F4NO/c15-10-1-2-11(16)9(5-10)7-19-6-8-3-12(17)14(20)13(18)4-8/h1-5,19-20H,6-7H2. The average molecular weight is 285 g/mol. The summed E-state index contributed by atoms with van der Waals surface area (Å²) in [4.78, 5) is 0. The van der Waals surface area contributed by atoms with Gasteiger partial charge in [0.1, 0.15) is 11.6 Å². The van der Waals surface area contributed by atoms with Crippen LogP contribution in [0.15, 0.2) is 30.3 Å². The van der Waals surface area contributed by atoms with Gasteiger partial charge in [0.15, 0.2) is 17.4 Å². The summed E-state index contributed by atoms with van der Waals surface area (Å²) in [5.74, 6) is -4.31. The molecule has 0 heterocycles. The molecular formula is C14H11F4NO. The van der Waals surface area contributed by atoms with Crippen molar-refractivity contribution < 1.29 is 22.7 Å². The molecule has 2 N–H and O–H groups in total. The van der Waals surface area contributed by atoms with Crippen molar-refractivity contribution in [3.63, 3.8) is 0 Å². The predicted molar refractivity (Wildman–Crippen MR) is 64.9 cm³/mol. The monoisotopic (exact) mass is 285 g/mol. The van der Waals surface area contributed by atoms with E-state index in [0.717, 1.165) is 30.3 Å². The van der Waals surface area contributed by atoms with E-state index in [1.807, 2.05) is 0 Å². The first-order chi connectivity index (χ1) is 9.47. The number of nitrogens with one attached hydrogen (secondary N) is 1. The van der Waals surface area contributed by atoms with Crippen molar-refractivity contribution in [1.82, 2.24) is 5.32 Å². The number of aromatic hydroxyl groups is 1. The second-order valence-electron chi connectivity index (χ2n) is 4.25. The molecule has 0 bridgehead atoms. The van der Waals surface area contributed by atoms with Crippen molar-refractivity contribution in [2.24, 2.45) is 0 Å². The number of phenolic OH excluding ortho intramolecular Hbond substituents is 1. The number of benzene rings is 2. The van der Waals surface area contributed by atoms with E-state index in [0.29, 0.717) is 0 Å². The summed E-state index contributed by atoms with van der Waals surface area (Å²) in [6, 6.07) is 4.98. The zero-order valence-corrected chi connectivity index (χ0v) is 10.3. The van der Waals surface area contributed by atoms with Crippen LogP contribution in [0.1, 0.15) is 11.1 Å². The fourth-order valence-corrected chi connectivity index (χ4v) is 1.74. The summed E-state index contributed by atoms with van der Waals surface area (Å²) in [5, 5.41) is 11.7. The summed E-state index contributed by atoms with van der Waals surface area (Å²) < 4.78 is 52.4. The normalized spacial score (nSPS) is 10.8. The van der Waals surface area contributed by atoms with E-state index >= 15 is 0 Å². The molecule has 0 unspecified atom stereocenters. The lowest BCUT2D eigenvalue weighted by Gasteiger charge is -2.07. The predicted octanol–water partition coefficient (Wildman–Crippen LogP) is 3.24. The van der Waals surface area contributed by atoms with Crippen LogP contribution in [0, 0.1) is 23.3 Å². The van der Waals surface area contributed by atoms with E-state index in [1.165, 1.54) is 0 Å². The first kappa shape index (κ1) is 14.3. The Balaban J connectivity index is 2.01. The fraction of sp³-hybridized carbons (Fsp3) is 0.143. The highest BCUT2D eigenvalue weighted by molar-refractivity contribution is 5.30. The van der Waals surface area contributed by atoms with Crippen LogP contribution in [0.3, 0.4) is 0 Å². The summed E-state index contributed by atoms with van der Waals surface area (Å²) in [6.45, 7) is 0.0534. The molecule has 0 spiro atoms. The van der Waals surface area contributed by atoms with Gasteiger partial charge in [0.2, 0.25) is 0 Å². The highest BCUT2D eigenvalue weighted by Crippen LogP contribution is 2.21. The molecule has 2 rings (SSSR count). The second kappa shape index (κ2) is 5.92. The molecule has 0 aliphatic heterocycles. The van der Waals surface area contributed by atoms with E-state index in [1.54, 1.807) is 0 Å². The molecule has 0 saturated carbocycles. The Labute approximate surface area is 112 Å². The molecule has 0 saturated heterocycles. The van der Waals surface area contributed by atoms with Crippen molar-refractivity contribution in [3.8, 4) is 5.75 Å². The van der Waals surface area contributed by atoms with E-state index in [4.69, 9.17) is 5.11 Å². The minimum atomic E-state index is -1.07. The number of halogens is 4. The van der Waals surface area contributed by atoms with Gasteiger partial charge in [-0.2, -0.15) is 0 Å². The number of hydrogen-bond donors (Lipinski definition) is 2. The van der Waals surface area contributed by atoms with Gasteiger partial charge in [-0.25, -0.2) is 17.6 Å². The third-order valence-corrected chi connectivity index (χ3v) is 2.73. The van der Waals surface area contributed by atoms with Crippen LogP contribution in [-0.2, 0) is 13.1 Å². The van der Waals surface area contributed by atoms with Crippen molar-refractivity contribution >= 4 is 0 Å². The highest BCUT2D eigenvalue weighted by Gasteiger charge is 2.09. The SMILES string of the molecule is Oc1c(F)cc(CNCc2cc(F)ccc2F)cc1F. The summed E-state index contributed by atoms with van der Waals surface area (Å²) in [7, 11) is 0. The molecule has 0 radical (unpaired) electrons. The lowest BCUT2D eigenvalue weighted by atomic mass is 10.1. The molecule has 106 valence electrons. The molecule has 0 aromatic heterocycles. The van der Waals surface area contributed by atoms with Crippen molar-refractivity contribution in [1.29, 1.82) is 0 Å². The topological polar surface area (TPSA) is 32.3 Å². The van der Waals surface area contributed by atoms with Gasteiger partial charge in [-0.3, -0.25) is 0 Å². The lowest BCUT2D eigenvalue weighted by molar-refractivity contribution is 0.395. The van der Waals surface area contributed by atoms with Crippen LogP contribution in [0.5, 0.6) is 5.75 Å². The van der Waals surface area contributed by atoms with Gasteiger partial charge in [0, 0.05) is 18.7 Å². The van der Waals surface area contributed by atoms with Gasteiger partial charge in [-0.15, -0.1) is 0 Å². The van der Waals surface area contributed by atoms with E-state index in [2.05, 4.69) is 5.32 Å². The molecule has 0 amide bonds. The maximum atomic E-state index is 13.3. The smallest absolute Gasteiger partial charge is 0.187 e. The Kier molecular flexibility index (Phi) is 4.24. The largest absolute Gasteiger partial charge is 0.503 e. The molecule has 2 aromatic rings. The van der Waals surface area contributed by atoms with E-state index in [-0.39, 0.29) is 24.2 Å². The maximum Gasteiger partial charge on any atom is 0.187 e. The van der Waals surface area contributed by atoms with Gasteiger partial charge in [-0.1, -0.05) is 0 Å². The maximum absolute atomic E-state index is 13.3. The second-order valence-corrected chi connectivity index (χ2v) is 4.25. The molecule has 20 heavy (non-hydrogen) atoms. The van der Waals surface area contributed by atoms with Gasteiger partial charge >= 0.3 is 0 Å². The first-order valence-electron chi connectivity index (χ1n) is 5.79. The molecular weight excluding hydrogens is 274 g/mol. The Hall–Kier alpha value is -2.08. The first-order valence-corrected chi connectivity index (χ1v) is 5.79. The van der Waals surface area contributed by atoms with Crippen LogP contribution < -0.4 is 5.32 Å². The average Bonchev–Trinajstić information content (AvgIpc) is 2.40. The Morgan fingerprint density at radius 1 is 0.850 bits per heavy atom. The highest BCUT2D eigenvalue weighted by atomic mass is 19.1. The zero-order valence-electron chi connectivity index (χ0n) is 10.3. The molecule has 2 aromatic carbocycles. The van der Waals surface area contributed by atoms with Crippen LogP contribution in [-0.4, -0.2) is 5.11 Å². The Bertz CT molecular complexity index is 608. The van der Waals surface area contributed by atoms with Gasteiger partial charge < -0.3 is 10.4 Å². The molecule has 6 heteroatoms. The molecule has 2 nitrogen and oxygen atoms in total. The van der Waals surface area contributed by atoms with Crippen LogP contribution in [0.4, 0.5) is 17.6 Å². The van der Waals surface area contributed by atoms with E-state index < -0.39 is 29.0 Å². The summed E-state index contributed by atoms with van der Waals surface area (Å²) in [5.41, 5.74) is 0.360. The molecule has 0 aliphatic rings. The Morgan fingerprint density at radius 3 is 2.15 bits per heavy atom. The lowest BCUT2D eigenvalue weighted by Crippen LogP contribution is -2.14. The zero-order chi connectivity index (χ0) is 14.7. The Morgan fingerprint density at radius 2 is 1.50 bits per heavy atom. The quantitative estimate of drug-likeness (QED) is 0.845. The number of rotatable bonds is 4. The fourth-order valence-electron chi connectivity index (χ4n) is 1.74. The molecule has 0 aliphatic carbocycles. The summed E-state index contributed by atoms with van der Waals surface area (Å²) >= 11 is 0. The van der Waals surface area contributed by atoms with Crippen molar-refractivity contribution in [2.45, 2.75) is 13.1 Å². The minimum absolute atomic E-state index is 0.00765. The van der Waals surface area contributed by atoms with Crippen LogP contribution >= 0.6 is 0 Å². The minimum Gasteiger partial charge on any atom is -0.503 e. The van der Waals surface area contributed by atoms with Crippen molar-refractivity contribution in [2.75, 3.05) is 0 Å². The van der Waals surface area contributed by atoms with Gasteiger partial charge in [-0.05, 0) is 35.9 Å².